The van der Waals surface area contributed by atoms with Crippen molar-refractivity contribution in [3.8, 4) is 11.5 Å². The van der Waals surface area contributed by atoms with Crippen LogP contribution in [0, 0.1) is 0 Å². The van der Waals surface area contributed by atoms with Gasteiger partial charge in [0.15, 0.2) is 11.5 Å². The number of benzene rings is 1. The van der Waals surface area contributed by atoms with Gasteiger partial charge in [-0.25, -0.2) is 0 Å². The first-order chi connectivity index (χ1) is 10.6. The van der Waals surface area contributed by atoms with Gasteiger partial charge in [0.2, 0.25) is 5.91 Å². The average molecular weight is 319 g/mol. The number of amides is 1. The van der Waals surface area contributed by atoms with E-state index in [1.165, 1.54) is 20.3 Å². The molecule has 0 aliphatic carbocycles. The second-order valence-corrected chi connectivity index (χ2v) is 4.71. The van der Waals surface area contributed by atoms with Gasteiger partial charge in [0.1, 0.15) is 0 Å². The van der Waals surface area contributed by atoms with Crippen LogP contribution in [0.1, 0.15) is 5.56 Å². The Kier molecular flexibility index (Phi) is 5.38. The fraction of sp³-hybridized carbons (Fsp3) is 0.125. The summed E-state index contributed by atoms with van der Waals surface area (Å²) in [6.45, 7) is 0. The summed E-state index contributed by atoms with van der Waals surface area (Å²) in [7, 11) is 3.04. The number of carbonyl (C=O) groups is 1. The molecule has 0 fully saturated rings. The molecule has 0 unspecified atom stereocenters. The summed E-state index contributed by atoms with van der Waals surface area (Å²) in [6.07, 6.45) is 6.25. The molecule has 22 heavy (non-hydrogen) atoms. The molecular weight excluding hydrogens is 304 g/mol. The quantitative estimate of drug-likeness (QED) is 0.858. The molecular formula is C16H15ClN2O3. The Morgan fingerprint density at radius 2 is 2.14 bits per heavy atom. The average Bonchev–Trinajstić information content (AvgIpc) is 2.53. The van der Waals surface area contributed by atoms with Crippen molar-refractivity contribution >= 4 is 29.3 Å². The van der Waals surface area contributed by atoms with Crippen molar-refractivity contribution in [3.05, 3.63) is 53.3 Å². The van der Waals surface area contributed by atoms with Crippen molar-refractivity contribution in [1.82, 2.24) is 4.98 Å². The number of methoxy groups -OCH3 is 2. The topological polar surface area (TPSA) is 60.5 Å². The molecule has 1 aromatic heterocycles. The lowest BCUT2D eigenvalue weighted by Crippen LogP contribution is -2.07. The van der Waals surface area contributed by atoms with Crippen LogP contribution in [0.2, 0.25) is 5.02 Å². The van der Waals surface area contributed by atoms with E-state index in [1.54, 1.807) is 42.7 Å². The lowest BCUT2D eigenvalue weighted by molar-refractivity contribution is -0.111. The lowest BCUT2D eigenvalue weighted by atomic mass is 10.2. The zero-order chi connectivity index (χ0) is 15.9. The minimum absolute atomic E-state index is 0.265. The highest BCUT2D eigenvalue weighted by Crippen LogP contribution is 2.36. The summed E-state index contributed by atoms with van der Waals surface area (Å²) in [5.41, 5.74) is 1.35. The fourth-order valence-electron chi connectivity index (χ4n) is 1.83. The third-order valence-corrected chi connectivity index (χ3v) is 3.09. The second-order valence-electron chi connectivity index (χ2n) is 4.30. The van der Waals surface area contributed by atoms with Gasteiger partial charge >= 0.3 is 0 Å². The number of hydrogen-bond acceptors (Lipinski definition) is 4. The Labute approximate surface area is 133 Å². The first-order valence-corrected chi connectivity index (χ1v) is 6.82. The van der Waals surface area contributed by atoms with E-state index in [0.29, 0.717) is 22.2 Å². The van der Waals surface area contributed by atoms with Crippen molar-refractivity contribution in [2.45, 2.75) is 0 Å². The largest absolute Gasteiger partial charge is 0.493 e. The van der Waals surface area contributed by atoms with E-state index in [-0.39, 0.29) is 5.91 Å². The zero-order valence-electron chi connectivity index (χ0n) is 12.2. The number of anilines is 1. The number of nitrogens with zero attached hydrogens (tertiary/aromatic N) is 1. The summed E-state index contributed by atoms with van der Waals surface area (Å²) in [6, 6.07) is 6.93. The molecule has 2 aromatic rings. The molecule has 0 saturated carbocycles. The number of hydrogen-bond donors (Lipinski definition) is 1. The number of aromatic nitrogens is 1. The smallest absolute Gasteiger partial charge is 0.248 e. The maximum atomic E-state index is 11.8. The standard InChI is InChI=1S/C16H15ClN2O3/c1-21-14-9-11(8-13(17)16(14)22-2)5-6-15(20)19-12-4-3-7-18-10-12/h3-10H,1-2H3,(H,19,20)/b6-5+. The highest BCUT2D eigenvalue weighted by molar-refractivity contribution is 6.32. The number of rotatable bonds is 5. The van der Waals surface area contributed by atoms with Crippen molar-refractivity contribution < 1.29 is 14.3 Å². The van der Waals surface area contributed by atoms with Gasteiger partial charge in [-0.3, -0.25) is 9.78 Å². The van der Waals surface area contributed by atoms with Crippen LogP contribution in [0.4, 0.5) is 5.69 Å². The van der Waals surface area contributed by atoms with E-state index in [1.807, 2.05) is 0 Å². The Balaban J connectivity index is 2.13. The summed E-state index contributed by atoms with van der Waals surface area (Å²) in [5, 5.41) is 3.11. The molecule has 1 amide bonds. The summed E-state index contributed by atoms with van der Waals surface area (Å²) >= 11 is 6.11. The highest BCUT2D eigenvalue weighted by atomic mass is 35.5. The van der Waals surface area contributed by atoms with Crippen molar-refractivity contribution in [2.24, 2.45) is 0 Å². The summed E-state index contributed by atoms with van der Waals surface area (Å²) in [5.74, 6) is 0.697. The molecule has 0 saturated heterocycles. The van der Waals surface area contributed by atoms with Gasteiger partial charge in [0.05, 0.1) is 31.1 Å². The minimum atomic E-state index is -0.265. The number of carbonyl (C=O) groups excluding carboxylic acids is 1. The van der Waals surface area contributed by atoms with E-state index in [2.05, 4.69) is 10.3 Å². The van der Waals surface area contributed by atoms with Crippen LogP contribution in [0.25, 0.3) is 6.08 Å². The van der Waals surface area contributed by atoms with Crippen LogP contribution in [-0.4, -0.2) is 25.1 Å². The number of pyridine rings is 1. The van der Waals surface area contributed by atoms with Gasteiger partial charge in [-0.1, -0.05) is 11.6 Å². The molecule has 1 aromatic carbocycles. The van der Waals surface area contributed by atoms with Crippen molar-refractivity contribution in [2.75, 3.05) is 19.5 Å². The molecule has 6 heteroatoms. The second kappa shape index (κ2) is 7.47. The van der Waals surface area contributed by atoms with Crippen LogP contribution < -0.4 is 14.8 Å². The van der Waals surface area contributed by atoms with Gasteiger partial charge in [-0.2, -0.15) is 0 Å². The third-order valence-electron chi connectivity index (χ3n) is 2.81. The molecule has 0 atom stereocenters. The molecule has 0 aliphatic heterocycles. The Hall–Kier alpha value is -2.53. The first-order valence-electron chi connectivity index (χ1n) is 6.44. The predicted octanol–water partition coefficient (Wildman–Crippen LogP) is 3.40. The Morgan fingerprint density at radius 1 is 1.32 bits per heavy atom. The SMILES string of the molecule is COc1cc(/C=C/C(=O)Nc2cccnc2)cc(Cl)c1OC. The Bertz CT molecular complexity index is 687. The van der Waals surface area contributed by atoms with Crippen LogP contribution in [0.15, 0.2) is 42.7 Å². The molecule has 114 valence electrons. The molecule has 0 radical (unpaired) electrons. The molecule has 0 aliphatic rings. The van der Waals surface area contributed by atoms with Gasteiger partial charge in [-0.05, 0) is 35.9 Å². The van der Waals surface area contributed by atoms with Gasteiger partial charge in [0, 0.05) is 12.3 Å². The third kappa shape index (κ3) is 3.99. The number of ether oxygens (including phenoxy) is 2. The molecule has 0 spiro atoms. The predicted molar refractivity (Wildman–Crippen MR) is 86.5 cm³/mol. The van der Waals surface area contributed by atoms with Gasteiger partial charge < -0.3 is 14.8 Å². The van der Waals surface area contributed by atoms with Crippen molar-refractivity contribution in [1.29, 1.82) is 0 Å². The highest BCUT2D eigenvalue weighted by Gasteiger charge is 2.09. The van der Waals surface area contributed by atoms with Crippen molar-refractivity contribution in [3.63, 3.8) is 0 Å². The zero-order valence-corrected chi connectivity index (χ0v) is 12.9. The minimum Gasteiger partial charge on any atom is -0.493 e. The van der Waals surface area contributed by atoms with Crippen LogP contribution >= 0.6 is 11.6 Å². The lowest BCUT2D eigenvalue weighted by Gasteiger charge is -2.10. The summed E-state index contributed by atoms with van der Waals surface area (Å²) < 4.78 is 10.4. The van der Waals surface area contributed by atoms with E-state index in [0.717, 1.165) is 5.56 Å². The van der Waals surface area contributed by atoms with Gasteiger partial charge in [0.25, 0.3) is 0 Å². The summed E-state index contributed by atoms with van der Waals surface area (Å²) in [4.78, 5) is 15.8. The maximum Gasteiger partial charge on any atom is 0.248 e. The van der Waals surface area contributed by atoms with E-state index < -0.39 is 0 Å². The van der Waals surface area contributed by atoms with E-state index in [4.69, 9.17) is 21.1 Å². The first kappa shape index (κ1) is 15.9. The van der Waals surface area contributed by atoms with Crippen LogP contribution in [0.3, 0.4) is 0 Å². The Morgan fingerprint density at radius 3 is 2.77 bits per heavy atom. The molecule has 1 N–H and O–H groups in total. The van der Waals surface area contributed by atoms with Crippen LogP contribution in [0.5, 0.6) is 11.5 Å². The number of nitrogens with one attached hydrogen (secondary N) is 1. The molecule has 5 nitrogen and oxygen atoms in total. The number of halogens is 1. The van der Waals surface area contributed by atoms with Crippen LogP contribution in [-0.2, 0) is 4.79 Å². The fourth-order valence-corrected chi connectivity index (χ4v) is 2.12. The van der Waals surface area contributed by atoms with E-state index >= 15 is 0 Å². The normalized spacial score (nSPS) is 10.5. The maximum absolute atomic E-state index is 11.8. The molecule has 0 bridgehead atoms. The monoisotopic (exact) mass is 318 g/mol. The molecule has 2 rings (SSSR count). The van der Waals surface area contributed by atoms with E-state index in [9.17, 15) is 4.79 Å². The van der Waals surface area contributed by atoms with Gasteiger partial charge in [-0.15, -0.1) is 0 Å². The molecule has 1 heterocycles.